The highest BCUT2D eigenvalue weighted by molar-refractivity contribution is 5.84. The maximum Gasteiger partial charge on any atom is 0.408 e. The number of allylic oxidation sites excluding steroid dienone is 2. The standard InChI is InChI=1S/C11H17NO4/c1-4-5-6-7(2)9-8(10(13)15-3)12-11(14)16-9/h4-5,7-9H,6H2,1-3H3,(H,12,14)/b5-4+/t7-,8+,9-/m1/s1. The van der Waals surface area contributed by atoms with Gasteiger partial charge in [0.15, 0.2) is 6.04 Å². The Kier molecular flexibility index (Phi) is 4.34. The largest absolute Gasteiger partial charge is 0.467 e. The fraction of sp³-hybridized carbons (Fsp3) is 0.636. The number of cyclic esters (lactones) is 1. The maximum atomic E-state index is 11.4. The number of hydrogen-bond donors (Lipinski definition) is 1. The van der Waals surface area contributed by atoms with Crippen molar-refractivity contribution < 1.29 is 19.1 Å². The number of ether oxygens (including phenoxy) is 2. The topological polar surface area (TPSA) is 64.6 Å². The van der Waals surface area contributed by atoms with Crippen LogP contribution in [-0.2, 0) is 14.3 Å². The first kappa shape index (κ1) is 12.5. The average Bonchev–Trinajstić information content (AvgIpc) is 2.67. The highest BCUT2D eigenvalue weighted by Gasteiger charge is 2.42. The molecular formula is C11H17NO4. The molecule has 0 spiro atoms. The van der Waals surface area contributed by atoms with Gasteiger partial charge >= 0.3 is 12.1 Å². The van der Waals surface area contributed by atoms with Crippen molar-refractivity contribution in [3.63, 3.8) is 0 Å². The highest BCUT2D eigenvalue weighted by Crippen LogP contribution is 2.21. The fourth-order valence-electron chi connectivity index (χ4n) is 1.68. The molecule has 0 bridgehead atoms. The molecule has 16 heavy (non-hydrogen) atoms. The molecule has 1 amide bonds. The zero-order valence-electron chi connectivity index (χ0n) is 9.73. The van der Waals surface area contributed by atoms with Gasteiger partial charge in [-0.2, -0.15) is 0 Å². The molecule has 0 saturated carbocycles. The van der Waals surface area contributed by atoms with Gasteiger partial charge in [0.05, 0.1) is 7.11 Å². The van der Waals surface area contributed by atoms with E-state index in [1.54, 1.807) is 0 Å². The van der Waals surface area contributed by atoms with E-state index in [1.807, 2.05) is 26.0 Å². The minimum Gasteiger partial charge on any atom is -0.467 e. The number of alkyl carbamates (subject to hydrolysis) is 1. The van der Waals surface area contributed by atoms with Gasteiger partial charge in [-0.25, -0.2) is 9.59 Å². The quantitative estimate of drug-likeness (QED) is 0.579. The maximum absolute atomic E-state index is 11.4. The lowest BCUT2D eigenvalue weighted by molar-refractivity contribution is -0.144. The third-order valence-electron chi connectivity index (χ3n) is 2.60. The smallest absolute Gasteiger partial charge is 0.408 e. The van der Waals surface area contributed by atoms with Crippen molar-refractivity contribution in [3.8, 4) is 0 Å². The normalized spacial score (nSPS) is 26.3. The van der Waals surface area contributed by atoms with E-state index in [0.717, 1.165) is 6.42 Å². The van der Waals surface area contributed by atoms with E-state index in [0.29, 0.717) is 0 Å². The van der Waals surface area contributed by atoms with E-state index in [1.165, 1.54) is 7.11 Å². The van der Waals surface area contributed by atoms with Gasteiger partial charge in [0.1, 0.15) is 6.10 Å². The molecule has 5 nitrogen and oxygen atoms in total. The monoisotopic (exact) mass is 227 g/mol. The molecule has 90 valence electrons. The second kappa shape index (κ2) is 5.53. The molecule has 1 aliphatic rings. The Labute approximate surface area is 94.8 Å². The average molecular weight is 227 g/mol. The van der Waals surface area contributed by atoms with Crippen molar-refractivity contribution in [2.45, 2.75) is 32.4 Å². The van der Waals surface area contributed by atoms with Gasteiger partial charge in [-0.15, -0.1) is 0 Å². The Morgan fingerprint density at radius 2 is 2.38 bits per heavy atom. The van der Waals surface area contributed by atoms with Crippen LogP contribution >= 0.6 is 0 Å². The summed E-state index contributed by atoms with van der Waals surface area (Å²) in [5, 5.41) is 2.45. The first-order valence-corrected chi connectivity index (χ1v) is 5.26. The zero-order valence-corrected chi connectivity index (χ0v) is 9.73. The van der Waals surface area contributed by atoms with Crippen LogP contribution in [0.2, 0.25) is 0 Å². The summed E-state index contributed by atoms with van der Waals surface area (Å²) >= 11 is 0. The van der Waals surface area contributed by atoms with Gasteiger partial charge in [-0.1, -0.05) is 19.1 Å². The molecule has 1 saturated heterocycles. The van der Waals surface area contributed by atoms with Crippen LogP contribution < -0.4 is 5.32 Å². The van der Waals surface area contributed by atoms with Gasteiger partial charge in [0, 0.05) is 0 Å². The van der Waals surface area contributed by atoms with E-state index < -0.39 is 24.2 Å². The summed E-state index contributed by atoms with van der Waals surface area (Å²) in [7, 11) is 1.29. The minimum atomic E-state index is -0.697. The predicted octanol–water partition coefficient (Wildman–Crippen LogP) is 1.24. The van der Waals surface area contributed by atoms with Crippen LogP contribution in [-0.4, -0.2) is 31.3 Å². The van der Waals surface area contributed by atoms with Crippen molar-refractivity contribution in [1.29, 1.82) is 0 Å². The van der Waals surface area contributed by atoms with Crippen LogP contribution in [0.25, 0.3) is 0 Å². The summed E-state index contributed by atoms with van der Waals surface area (Å²) in [4.78, 5) is 22.5. The summed E-state index contributed by atoms with van der Waals surface area (Å²) in [6, 6.07) is -0.697. The molecule has 0 aromatic carbocycles. The molecule has 0 unspecified atom stereocenters. The van der Waals surface area contributed by atoms with Crippen LogP contribution in [0.15, 0.2) is 12.2 Å². The Balaban J connectivity index is 2.68. The summed E-state index contributed by atoms with van der Waals surface area (Å²) < 4.78 is 9.69. The number of amides is 1. The van der Waals surface area contributed by atoms with E-state index in [-0.39, 0.29) is 5.92 Å². The van der Waals surface area contributed by atoms with Crippen LogP contribution in [0.5, 0.6) is 0 Å². The van der Waals surface area contributed by atoms with Crippen molar-refractivity contribution >= 4 is 12.1 Å². The number of rotatable bonds is 4. The Morgan fingerprint density at radius 1 is 1.69 bits per heavy atom. The van der Waals surface area contributed by atoms with Gasteiger partial charge in [0.2, 0.25) is 0 Å². The van der Waals surface area contributed by atoms with E-state index >= 15 is 0 Å². The van der Waals surface area contributed by atoms with Crippen molar-refractivity contribution in [2.24, 2.45) is 5.92 Å². The second-order valence-corrected chi connectivity index (χ2v) is 3.80. The highest BCUT2D eigenvalue weighted by atomic mass is 16.6. The molecule has 0 aromatic heterocycles. The second-order valence-electron chi connectivity index (χ2n) is 3.80. The molecule has 1 aliphatic heterocycles. The number of hydrogen-bond acceptors (Lipinski definition) is 4. The third-order valence-corrected chi connectivity index (χ3v) is 2.60. The van der Waals surface area contributed by atoms with Gasteiger partial charge in [0.25, 0.3) is 0 Å². The lowest BCUT2D eigenvalue weighted by atomic mass is 9.95. The fourth-order valence-corrected chi connectivity index (χ4v) is 1.68. The lowest BCUT2D eigenvalue weighted by Crippen LogP contribution is -2.42. The Bertz CT molecular complexity index is 300. The number of carbonyl (C=O) groups is 2. The van der Waals surface area contributed by atoms with Gasteiger partial charge in [-0.05, 0) is 19.3 Å². The number of nitrogens with one attached hydrogen (secondary N) is 1. The SMILES string of the molecule is C/C=C/C[C@@H](C)[C@H]1OC(=O)N[C@@H]1C(=O)OC. The summed E-state index contributed by atoms with van der Waals surface area (Å²) in [6.45, 7) is 3.85. The van der Waals surface area contributed by atoms with Crippen molar-refractivity contribution in [3.05, 3.63) is 12.2 Å². The number of methoxy groups -OCH3 is 1. The molecule has 1 fully saturated rings. The molecule has 1 heterocycles. The molecule has 3 atom stereocenters. The molecule has 1 N–H and O–H groups in total. The molecular weight excluding hydrogens is 210 g/mol. The summed E-state index contributed by atoms with van der Waals surface area (Å²) in [5.74, 6) is -0.401. The molecule has 0 aliphatic carbocycles. The van der Waals surface area contributed by atoms with E-state index in [4.69, 9.17) is 4.74 Å². The molecule has 0 radical (unpaired) electrons. The van der Waals surface area contributed by atoms with E-state index in [9.17, 15) is 9.59 Å². The predicted molar refractivity (Wildman–Crippen MR) is 57.8 cm³/mol. The third kappa shape index (κ3) is 2.74. The first-order valence-electron chi connectivity index (χ1n) is 5.26. The van der Waals surface area contributed by atoms with Gasteiger partial charge < -0.3 is 14.8 Å². The molecule has 5 heteroatoms. The summed E-state index contributed by atoms with van der Waals surface area (Å²) in [6.07, 6.45) is 3.63. The van der Waals surface area contributed by atoms with Crippen LogP contribution in [0.4, 0.5) is 4.79 Å². The van der Waals surface area contributed by atoms with Crippen LogP contribution in [0.3, 0.4) is 0 Å². The lowest BCUT2D eigenvalue weighted by Gasteiger charge is -2.20. The first-order chi connectivity index (χ1) is 7.60. The van der Waals surface area contributed by atoms with Crippen molar-refractivity contribution in [2.75, 3.05) is 7.11 Å². The summed E-state index contributed by atoms with van der Waals surface area (Å²) in [5.41, 5.74) is 0. The van der Waals surface area contributed by atoms with E-state index in [2.05, 4.69) is 10.1 Å². The Morgan fingerprint density at radius 3 is 2.94 bits per heavy atom. The number of esters is 1. The van der Waals surface area contributed by atoms with Crippen LogP contribution in [0, 0.1) is 5.92 Å². The molecule has 0 aromatic rings. The zero-order chi connectivity index (χ0) is 12.1. The van der Waals surface area contributed by atoms with Gasteiger partial charge in [-0.3, -0.25) is 0 Å². The van der Waals surface area contributed by atoms with Crippen molar-refractivity contribution in [1.82, 2.24) is 5.32 Å². The van der Waals surface area contributed by atoms with Crippen LogP contribution in [0.1, 0.15) is 20.3 Å². The Hall–Kier alpha value is -1.52. The minimum absolute atomic E-state index is 0.0687. The molecule has 1 rings (SSSR count). The number of carbonyl (C=O) groups excluding carboxylic acids is 2.